The van der Waals surface area contributed by atoms with Gasteiger partial charge >= 0.3 is 44.6 Å². The van der Waals surface area contributed by atoms with Gasteiger partial charge in [-0.25, -0.2) is 8.42 Å². The van der Waals surface area contributed by atoms with Gasteiger partial charge in [0.2, 0.25) is 0 Å². The maximum absolute atomic E-state index is 10.2. The van der Waals surface area contributed by atoms with E-state index in [4.69, 9.17) is 5.11 Å². The molecule has 0 aliphatic heterocycles. The summed E-state index contributed by atoms with van der Waals surface area (Å²) in [5.74, 6) is -0.678. The van der Waals surface area contributed by atoms with Gasteiger partial charge in [-0.15, -0.1) is 13.1 Å². The largest absolute Gasteiger partial charge is 3.00 e. The minimum atomic E-state index is -2.67. The van der Waals surface area contributed by atoms with Crippen LogP contribution in [-0.2, 0) is 115 Å². The van der Waals surface area contributed by atoms with E-state index in [1.165, 1.54) is 58.8 Å². The van der Waals surface area contributed by atoms with Crippen molar-refractivity contribution in [3.63, 3.8) is 0 Å². The van der Waals surface area contributed by atoms with Crippen LogP contribution in [-0.4, -0.2) is 57.7 Å². The van der Waals surface area contributed by atoms with E-state index >= 15 is 0 Å². The SMILES string of the molecule is C.C.C.CC.CC.CC.CC.CC.CC.CCC(=O)O.CCCS(C)(=O)=O.COC(C)=O.[CH2-]C.[CH2-]CNC[CH2-].[Y+3].[Y].c1ccc2c(c1)CCC2.c1ccc2c(c1)CCC2. The van der Waals surface area contributed by atoms with Gasteiger partial charge in [0.15, 0.2) is 0 Å². The Labute approximate surface area is 424 Å². The number of carboxylic acids is 1. The van der Waals surface area contributed by atoms with Crippen molar-refractivity contribution in [1.29, 1.82) is 0 Å². The van der Waals surface area contributed by atoms with Crippen LogP contribution in [0.1, 0.15) is 181 Å². The Morgan fingerprint density at radius 1 is 0.661 bits per heavy atom. The van der Waals surface area contributed by atoms with E-state index in [2.05, 4.69) is 79.4 Å². The van der Waals surface area contributed by atoms with E-state index in [0.717, 1.165) is 19.5 Å². The number of carboxylic acid groups (broad SMARTS) is 1. The Morgan fingerprint density at radius 2 is 0.864 bits per heavy atom. The van der Waals surface area contributed by atoms with E-state index < -0.39 is 15.8 Å². The van der Waals surface area contributed by atoms with Crippen LogP contribution in [0, 0.1) is 20.8 Å². The molecule has 4 rings (SSSR count). The van der Waals surface area contributed by atoms with Crippen molar-refractivity contribution in [2.75, 3.05) is 32.2 Å². The number of carbonyl (C=O) groups is 2. The van der Waals surface area contributed by atoms with Crippen LogP contribution < -0.4 is 5.32 Å². The number of carbonyl (C=O) groups excluding carboxylic acids is 1. The number of fused-ring (bicyclic) bond motifs is 2. The summed E-state index contributed by atoms with van der Waals surface area (Å²) in [6.45, 7) is 42.4. The summed E-state index contributed by atoms with van der Waals surface area (Å²) in [6.07, 6.45) is 10.1. The fraction of sp³-hybridized carbons (Fsp3) is 0.653. The van der Waals surface area contributed by atoms with Gasteiger partial charge in [0.1, 0.15) is 9.84 Å². The smallest absolute Gasteiger partial charge is 0.481 e. The maximum atomic E-state index is 10.2. The molecule has 2 N–H and O–H groups in total. The van der Waals surface area contributed by atoms with Crippen LogP contribution in [0.3, 0.4) is 0 Å². The molecule has 0 fully saturated rings. The van der Waals surface area contributed by atoms with Gasteiger partial charge in [-0.1, -0.05) is 168 Å². The summed E-state index contributed by atoms with van der Waals surface area (Å²) in [5.41, 5.74) is 6.27. The molecular weight excluding hydrogens is 908 g/mol. The van der Waals surface area contributed by atoms with E-state index in [9.17, 15) is 18.0 Å². The van der Waals surface area contributed by atoms with Crippen molar-refractivity contribution in [2.45, 2.75) is 184 Å². The molecule has 0 aromatic heterocycles. The van der Waals surface area contributed by atoms with Crippen LogP contribution in [0.4, 0.5) is 0 Å². The normalized spacial score (nSPS) is 8.76. The predicted molar refractivity (Wildman–Crippen MR) is 265 cm³/mol. The first kappa shape index (κ1) is 97.7. The quantitative estimate of drug-likeness (QED) is 0.227. The molecule has 7 nitrogen and oxygen atoms in total. The second kappa shape index (κ2) is 92.7. The molecule has 0 bridgehead atoms. The molecular formula is C49H104NO6SY2. The monoisotopic (exact) mass is 1010 g/mol. The van der Waals surface area contributed by atoms with Gasteiger partial charge in [0, 0.05) is 58.1 Å². The molecule has 59 heavy (non-hydrogen) atoms. The minimum Gasteiger partial charge on any atom is -0.481 e. The number of hydrogen-bond donors (Lipinski definition) is 2. The Bertz CT molecular complexity index is 943. The third-order valence-corrected chi connectivity index (χ3v) is 6.69. The van der Waals surface area contributed by atoms with Gasteiger partial charge in [-0.05, 0) is 67.2 Å². The van der Waals surface area contributed by atoms with Crippen molar-refractivity contribution in [2.24, 2.45) is 0 Å². The predicted octanol–water partition coefficient (Wildman–Crippen LogP) is 14.6. The number of sulfone groups is 1. The summed E-state index contributed by atoms with van der Waals surface area (Å²) in [5, 5.41) is 10.6. The molecule has 2 aliphatic rings. The van der Waals surface area contributed by atoms with E-state index in [1.54, 1.807) is 36.1 Å². The van der Waals surface area contributed by atoms with Gasteiger partial charge in [0.05, 0.1) is 7.11 Å². The topological polar surface area (TPSA) is 110 Å². The van der Waals surface area contributed by atoms with Gasteiger partial charge in [-0.2, -0.15) is 6.92 Å². The number of aryl methyl sites for hydroxylation is 4. The number of hydrogen-bond acceptors (Lipinski definition) is 6. The molecule has 0 heterocycles. The number of esters is 1. The second-order valence-electron chi connectivity index (χ2n) is 9.07. The minimum absolute atomic E-state index is 0. The Balaban J connectivity index is -0.0000000323. The average Bonchev–Trinajstić information content (AvgIpc) is 3.92. The van der Waals surface area contributed by atoms with Crippen LogP contribution in [0.2, 0.25) is 0 Å². The second-order valence-corrected chi connectivity index (χ2v) is 11.3. The van der Waals surface area contributed by atoms with Crippen molar-refractivity contribution >= 4 is 21.8 Å². The van der Waals surface area contributed by atoms with Crippen molar-refractivity contribution < 1.29 is 93.3 Å². The number of ether oxygens (including phenoxy) is 1. The van der Waals surface area contributed by atoms with E-state index in [0.29, 0.717) is 5.75 Å². The fourth-order valence-corrected chi connectivity index (χ4v) is 4.27. The summed E-state index contributed by atoms with van der Waals surface area (Å²) in [6, 6.07) is 17.5. The molecule has 1 radical (unpaired) electrons. The molecule has 2 aliphatic carbocycles. The van der Waals surface area contributed by atoms with Gasteiger partial charge in [-0.3, -0.25) is 9.59 Å². The molecule has 353 valence electrons. The summed E-state index contributed by atoms with van der Waals surface area (Å²) in [7, 11) is -1.32. The zero-order valence-electron chi connectivity index (χ0n) is 40.1. The number of aliphatic carboxylic acids is 1. The number of methoxy groups -OCH3 is 1. The Morgan fingerprint density at radius 3 is 0.949 bits per heavy atom. The van der Waals surface area contributed by atoms with E-state index in [1.807, 2.05) is 90.0 Å². The maximum Gasteiger partial charge on any atom is 3.00 e. The summed E-state index contributed by atoms with van der Waals surface area (Å²) in [4.78, 5) is 19.0. The summed E-state index contributed by atoms with van der Waals surface area (Å²) < 4.78 is 24.6. The van der Waals surface area contributed by atoms with Crippen molar-refractivity contribution in [3.8, 4) is 0 Å². The first-order chi connectivity index (χ1) is 25.9. The molecule has 0 atom stereocenters. The molecule has 10 heteroatoms. The van der Waals surface area contributed by atoms with Crippen molar-refractivity contribution in [3.05, 3.63) is 91.6 Å². The van der Waals surface area contributed by atoms with Gasteiger partial charge in [0.25, 0.3) is 0 Å². The van der Waals surface area contributed by atoms with Crippen LogP contribution in [0.15, 0.2) is 48.5 Å². The van der Waals surface area contributed by atoms with Crippen LogP contribution in [0.25, 0.3) is 0 Å². The molecule has 0 saturated heterocycles. The van der Waals surface area contributed by atoms with Crippen LogP contribution in [0.5, 0.6) is 0 Å². The third-order valence-electron chi connectivity index (χ3n) is 5.54. The van der Waals surface area contributed by atoms with E-state index in [-0.39, 0.29) is 100 Å². The first-order valence-corrected chi connectivity index (χ1v) is 22.6. The average molecular weight is 1010 g/mol. The summed E-state index contributed by atoms with van der Waals surface area (Å²) >= 11 is 0. The molecule has 0 spiro atoms. The van der Waals surface area contributed by atoms with Crippen LogP contribution >= 0.6 is 0 Å². The number of benzene rings is 2. The standard InChI is InChI=1S/2C9H10.C4H9N.C4H10O2S.2C3H6O2.6C2H6.C2H5.3CH4.2Y/c2*1-2-5-9-7-3-6-8(9)4-1;1-3-5-4-2;1-3-4-7(2,5)6;1-3(4)5-2;1-2-3(4)5;7*1-2;;;;;/h2*1-2,4-5H,3,6-7H2;5H,1-4H2;3-4H2,1-2H3;1-2H3;2H2,1H3,(H,4,5);6*1-2H3;1H2,2H3;3*1H4;;/q;;-2;;;;;;;;;;-1;;;;;+3. The zero-order valence-corrected chi connectivity index (χ0v) is 46.6. The van der Waals surface area contributed by atoms with Gasteiger partial charge < -0.3 is 35.9 Å². The molecule has 2 aromatic rings. The number of nitrogens with one attached hydrogen (secondary N) is 1. The van der Waals surface area contributed by atoms with Crippen molar-refractivity contribution in [1.82, 2.24) is 5.32 Å². The molecule has 0 unspecified atom stereocenters. The molecule has 0 amide bonds. The number of rotatable bonds is 5. The molecule has 0 saturated carbocycles. The first-order valence-electron chi connectivity index (χ1n) is 20.5. The fourth-order valence-electron chi connectivity index (χ4n) is 3.52. The molecule has 2 aromatic carbocycles. The Kier molecular flexibility index (Phi) is 153. The Hall–Kier alpha value is -0.502. The zero-order chi connectivity index (χ0) is 44.8. The third kappa shape index (κ3) is 93.6.